The highest BCUT2D eigenvalue weighted by molar-refractivity contribution is 5.74. The lowest BCUT2D eigenvalue weighted by Crippen LogP contribution is -2.80. The number of aliphatic hydroxyl groups is 1. The fraction of sp³-hybridized carbons (Fsp3) is 0.893. The first-order valence-corrected chi connectivity index (χ1v) is 13.8. The monoisotopic (exact) mass is 522 g/mol. The van der Waals surface area contributed by atoms with E-state index < -0.39 is 63.6 Å². The smallest absolute Gasteiger partial charge is 0.308 e. The third-order valence-electron chi connectivity index (χ3n) is 10.4. The van der Waals surface area contributed by atoms with E-state index in [2.05, 4.69) is 6.92 Å². The van der Waals surface area contributed by atoms with Gasteiger partial charge in [-0.3, -0.25) is 14.4 Å². The number of carbonyl (C=O) groups is 3. The van der Waals surface area contributed by atoms with Crippen molar-refractivity contribution < 1.29 is 43.2 Å². The van der Waals surface area contributed by atoms with Gasteiger partial charge in [0.1, 0.15) is 23.4 Å². The number of fused-ring (bicyclic) bond motifs is 4. The van der Waals surface area contributed by atoms with Crippen LogP contribution in [0.5, 0.6) is 0 Å². The molecular formula is C28H42O9. The first kappa shape index (κ1) is 26.9. The van der Waals surface area contributed by atoms with E-state index in [9.17, 15) is 19.5 Å². The first-order valence-electron chi connectivity index (χ1n) is 13.8. The van der Waals surface area contributed by atoms with Gasteiger partial charge in [-0.25, -0.2) is 0 Å². The second-order valence-electron chi connectivity index (χ2n) is 13.1. The van der Waals surface area contributed by atoms with Crippen molar-refractivity contribution in [2.75, 3.05) is 19.8 Å². The second kappa shape index (κ2) is 8.65. The molecule has 3 aliphatic heterocycles. The lowest BCUT2D eigenvalue weighted by Gasteiger charge is -2.70. The zero-order chi connectivity index (χ0) is 27.0. The fourth-order valence-electron chi connectivity index (χ4n) is 8.07. The molecule has 5 aliphatic rings. The number of cyclic esters (lactones) is 1. The Labute approximate surface area is 218 Å². The highest BCUT2D eigenvalue weighted by Gasteiger charge is 2.82. The number of rotatable bonds is 5. The van der Waals surface area contributed by atoms with E-state index in [1.807, 2.05) is 6.92 Å². The summed E-state index contributed by atoms with van der Waals surface area (Å²) in [7, 11) is 0. The maximum atomic E-state index is 13.2. The van der Waals surface area contributed by atoms with E-state index >= 15 is 0 Å². The Hall–Kier alpha value is -1.71. The maximum Gasteiger partial charge on any atom is 0.308 e. The summed E-state index contributed by atoms with van der Waals surface area (Å²) in [5.41, 5.74) is -4.11. The largest absolute Gasteiger partial charge is 0.463 e. The van der Waals surface area contributed by atoms with Crippen molar-refractivity contribution in [3.05, 3.63) is 0 Å². The number of carbonyl (C=O) groups excluding carboxylic acids is 3. The predicted octanol–water partition coefficient (Wildman–Crippen LogP) is 2.94. The van der Waals surface area contributed by atoms with Crippen LogP contribution >= 0.6 is 0 Å². The number of ether oxygens (including phenoxy) is 5. The third kappa shape index (κ3) is 3.63. The van der Waals surface area contributed by atoms with Crippen molar-refractivity contribution in [3.63, 3.8) is 0 Å². The molecule has 37 heavy (non-hydrogen) atoms. The van der Waals surface area contributed by atoms with Crippen LogP contribution in [0.1, 0.15) is 80.1 Å². The Morgan fingerprint density at radius 1 is 1.00 bits per heavy atom. The lowest BCUT2D eigenvalue weighted by molar-refractivity contribution is -0.362. The van der Waals surface area contributed by atoms with Crippen molar-refractivity contribution in [2.45, 2.75) is 109 Å². The number of esters is 3. The summed E-state index contributed by atoms with van der Waals surface area (Å²) in [5.74, 6) is -2.15. The molecule has 2 saturated carbocycles. The number of hydrogen-bond donors (Lipinski definition) is 1. The van der Waals surface area contributed by atoms with Gasteiger partial charge in [-0.2, -0.15) is 0 Å². The van der Waals surface area contributed by atoms with E-state index in [1.54, 1.807) is 27.7 Å². The van der Waals surface area contributed by atoms with Crippen LogP contribution in [0, 0.1) is 28.6 Å². The average Bonchev–Trinajstić information content (AvgIpc) is 3.53. The van der Waals surface area contributed by atoms with Gasteiger partial charge in [0.15, 0.2) is 12.2 Å². The molecule has 5 fully saturated rings. The average molecular weight is 523 g/mol. The highest BCUT2D eigenvalue weighted by atomic mass is 16.6. The van der Waals surface area contributed by atoms with Crippen LogP contribution in [-0.4, -0.2) is 71.8 Å². The molecule has 0 aromatic heterocycles. The van der Waals surface area contributed by atoms with Gasteiger partial charge in [0.2, 0.25) is 0 Å². The summed E-state index contributed by atoms with van der Waals surface area (Å²) in [6, 6.07) is 0. The summed E-state index contributed by atoms with van der Waals surface area (Å²) in [4.78, 5) is 38.6. The van der Waals surface area contributed by atoms with Crippen molar-refractivity contribution >= 4 is 17.9 Å². The molecule has 0 amide bonds. The molecule has 9 heteroatoms. The normalized spacial score (nSPS) is 46.5. The van der Waals surface area contributed by atoms with Crippen LogP contribution in [0.3, 0.4) is 0 Å². The van der Waals surface area contributed by atoms with Gasteiger partial charge in [-0.1, -0.05) is 41.0 Å². The molecule has 1 N–H and O–H groups in total. The molecule has 2 spiro atoms. The summed E-state index contributed by atoms with van der Waals surface area (Å²) in [6.45, 7) is 11.4. The summed E-state index contributed by atoms with van der Waals surface area (Å²) >= 11 is 0. The maximum absolute atomic E-state index is 13.2. The predicted molar refractivity (Wildman–Crippen MR) is 130 cm³/mol. The standard InChI is InChI=1S/C28H42O9/c1-16(2)22(31)35-20-21(36-23(32)17(3)4)28(13-29)18(8-7-9-27(28)15-34-27)24(5)10-11-26(37-25(20,24)6)12-19(30)33-14-26/h16-18,20-21,29H,7-15H2,1-6H3. The van der Waals surface area contributed by atoms with Crippen LogP contribution in [-0.2, 0) is 38.1 Å². The molecule has 208 valence electrons. The zero-order valence-electron chi connectivity index (χ0n) is 23.0. The Morgan fingerprint density at radius 3 is 2.14 bits per heavy atom. The lowest BCUT2D eigenvalue weighted by atomic mass is 9.40. The number of aliphatic hydroxyl groups excluding tert-OH is 1. The third-order valence-corrected chi connectivity index (χ3v) is 10.4. The van der Waals surface area contributed by atoms with Crippen molar-refractivity contribution in [2.24, 2.45) is 28.6 Å². The Kier molecular flexibility index (Phi) is 6.28. The molecule has 8 unspecified atom stereocenters. The highest BCUT2D eigenvalue weighted by Crippen LogP contribution is 2.72. The molecule has 8 atom stereocenters. The molecule has 5 rings (SSSR count). The minimum absolute atomic E-state index is 0.124. The number of hydrogen-bond acceptors (Lipinski definition) is 9. The topological polar surface area (TPSA) is 121 Å². The quantitative estimate of drug-likeness (QED) is 0.330. The van der Waals surface area contributed by atoms with Gasteiger partial charge in [-0.05, 0) is 38.5 Å². The first-order chi connectivity index (χ1) is 17.3. The summed E-state index contributed by atoms with van der Waals surface area (Å²) < 4.78 is 31.0. The van der Waals surface area contributed by atoms with E-state index in [0.29, 0.717) is 19.4 Å². The van der Waals surface area contributed by atoms with Crippen LogP contribution in [0.2, 0.25) is 0 Å². The molecule has 3 heterocycles. The Balaban J connectivity index is 1.70. The van der Waals surface area contributed by atoms with Gasteiger partial charge >= 0.3 is 17.9 Å². The molecule has 0 bridgehead atoms. The van der Waals surface area contributed by atoms with Gasteiger partial charge in [0.25, 0.3) is 0 Å². The molecule has 3 saturated heterocycles. The molecule has 2 aliphatic carbocycles. The SMILES string of the molecule is CC(C)C(=O)OC1C(OC(=O)C(C)C)C2(CO)C(CCCC23CO3)C2(C)CCC3(COC(=O)C3)OC12C. The second-order valence-corrected chi connectivity index (χ2v) is 13.1. The zero-order valence-corrected chi connectivity index (χ0v) is 23.0. The molecule has 0 radical (unpaired) electrons. The van der Waals surface area contributed by atoms with Crippen LogP contribution in [0.15, 0.2) is 0 Å². The van der Waals surface area contributed by atoms with Crippen molar-refractivity contribution in [1.82, 2.24) is 0 Å². The Bertz CT molecular complexity index is 973. The van der Waals surface area contributed by atoms with Gasteiger partial charge in [-0.15, -0.1) is 0 Å². The van der Waals surface area contributed by atoms with E-state index in [0.717, 1.165) is 19.3 Å². The summed E-state index contributed by atoms with van der Waals surface area (Å²) in [6.07, 6.45) is 1.88. The van der Waals surface area contributed by atoms with Crippen LogP contribution < -0.4 is 0 Å². The van der Waals surface area contributed by atoms with E-state index in [1.165, 1.54) is 0 Å². The van der Waals surface area contributed by atoms with Crippen molar-refractivity contribution in [1.29, 1.82) is 0 Å². The van der Waals surface area contributed by atoms with Gasteiger partial charge in [0.05, 0.1) is 36.9 Å². The number of epoxide rings is 1. The molecule has 0 aromatic carbocycles. The Morgan fingerprint density at radius 2 is 1.62 bits per heavy atom. The van der Waals surface area contributed by atoms with E-state index in [-0.39, 0.29) is 31.5 Å². The van der Waals surface area contributed by atoms with Gasteiger partial charge < -0.3 is 28.8 Å². The molecule has 0 aromatic rings. The minimum atomic E-state index is -1.11. The molecule has 9 nitrogen and oxygen atoms in total. The van der Waals surface area contributed by atoms with E-state index in [4.69, 9.17) is 23.7 Å². The minimum Gasteiger partial charge on any atom is -0.463 e. The van der Waals surface area contributed by atoms with Crippen LogP contribution in [0.25, 0.3) is 0 Å². The fourth-order valence-corrected chi connectivity index (χ4v) is 8.07. The summed E-state index contributed by atoms with van der Waals surface area (Å²) in [5, 5.41) is 11.2. The van der Waals surface area contributed by atoms with Crippen molar-refractivity contribution in [3.8, 4) is 0 Å². The van der Waals surface area contributed by atoms with Crippen LogP contribution in [0.4, 0.5) is 0 Å². The van der Waals surface area contributed by atoms with Gasteiger partial charge in [0, 0.05) is 5.41 Å². The molecular weight excluding hydrogens is 480 g/mol.